The third kappa shape index (κ3) is 4.59. The molecular formula is C15H19ClN3O5+. The number of carbonyl (C=O) groups excluding carboxylic acids is 3. The van der Waals surface area contributed by atoms with Gasteiger partial charge in [-0.25, -0.2) is 9.69 Å². The molecule has 3 amide bonds. The molecule has 9 heteroatoms. The molecule has 1 atom stereocenters. The highest BCUT2D eigenvalue weighted by molar-refractivity contribution is 6.31. The van der Waals surface area contributed by atoms with Crippen molar-refractivity contribution in [2.24, 2.45) is 0 Å². The zero-order chi connectivity index (χ0) is 17.7. The molecule has 0 saturated carbocycles. The van der Waals surface area contributed by atoms with Gasteiger partial charge in [-0.05, 0) is 18.2 Å². The van der Waals surface area contributed by atoms with Crippen molar-refractivity contribution in [1.82, 2.24) is 4.90 Å². The summed E-state index contributed by atoms with van der Waals surface area (Å²) in [4.78, 5) is 37.1. The summed E-state index contributed by atoms with van der Waals surface area (Å²) in [6.45, 7) is 0.509. The van der Waals surface area contributed by atoms with Crippen molar-refractivity contribution in [1.29, 1.82) is 0 Å². The molecule has 1 saturated heterocycles. The highest BCUT2D eigenvalue weighted by atomic mass is 35.5. The highest BCUT2D eigenvalue weighted by Crippen LogP contribution is 2.27. The number of likely N-dealkylation sites (N-methyl/N-ethyl adjacent to an activating group) is 1. The maximum atomic E-state index is 12.1. The topological polar surface area (TPSA) is 89.4 Å². The van der Waals surface area contributed by atoms with Crippen LogP contribution in [0.3, 0.4) is 0 Å². The molecule has 1 unspecified atom stereocenters. The Morgan fingerprint density at radius 2 is 2.17 bits per heavy atom. The Morgan fingerprint density at radius 3 is 2.79 bits per heavy atom. The lowest BCUT2D eigenvalue weighted by atomic mass is 10.3. The number of amides is 3. The molecule has 130 valence electrons. The average Bonchev–Trinajstić information content (AvgIpc) is 2.93. The maximum absolute atomic E-state index is 12.1. The summed E-state index contributed by atoms with van der Waals surface area (Å²) in [5.74, 6) is -0.186. The Morgan fingerprint density at radius 1 is 1.42 bits per heavy atom. The molecule has 2 rings (SSSR count). The minimum Gasteiger partial charge on any atom is -0.495 e. The van der Waals surface area contributed by atoms with E-state index in [1.165, 1.54) is 7.11 Å². The van der Waals surface area contributed by atoms with E-state index in [0.29, 0.717) is 21.4 Å². The van der Waals surface area contributed by atoms with Gasteiger partial charge in [0.25, 0.3) is 11.8 Å². The van der Waals surface area contributed by atoms with Gasteiger partial charge in [0.1, 0.15) is 12.4 Å². The van der Waals surface area contributed by atoms with Crippen LogP contribution in [-0.4, -0.2) is 63.2 Å². The number of hydrogen-bond acceptors (Lipinski definition) is 5. The zero-order valence-electron chi connectivity index (χ0n) is 13.4. The molecule has 2 N–H and O–H groups in total. The number of ether oxygens (including phenoxy) is 2. The van der Waals surface area contributed by atoms with Crippen LogP contribution < -0.4 is 15.0 Å². The van der Waals surface area contributed by atoms with E-state index in [2.05, 4.69) is 5.32 Å². The van der Waals surface area contributed by atoms with Crippen LogP contribution in [0.1, 0.15) is 0 Å². The number of halogens is 1. The predicted octanol–water partition coefficient (Wildman–Crippen LogP) is -0.219. The van der Waals surface area contributed by atoms with Gasteiger partial charge in [-0.3, -0.25) is 9.59 Å². The van der Waals surface area contributed by atoms with Crippen LogP contribution in [-0.2, 0) is 14.3 Å². The van der Waals surface area contributed by atoms with E-state index >= 15 is 0 Å². The van der Waals surface area contributed by atoms with Crippen LogP contribution in [0.4, 0.5) is 10.5 Å². The number of benzene rings is 1. The van der Waals surface area contributed by atoms with Crippen LogP contribution in [0.25, 0.3) is 0 Å². The average molecular weight is 357 g/mol. The van der Waals surface area contributed by atoms with Gasteiger partial charge in [-0.1, -0.05) is 11.6 Å². The van der Waals surface area contributed by atoms with Gasteiger partial charge in [-0.15, -0.1) is 0 Å². The number of hydrogen-bond donors (Lipinski definition) is 2. The third-order valence-electron chi connectivity index (χ3n) is 3.41. The fourth-order valence-electron chi connectivity index (χ4n) is 2.28. The molecule has 0 radical (unpaired) electrons. The number of quaternary nitrogens is 1. The number of rotatable bonds is 6. The van der Waals surface area contributed by atoms with Gasteiger partial charge in [0, 0.05) is 5.02 Å². The molecule has 0 bridgehead atoms. The molecule has 8 nitrogen and oxygen atoms in total. The van der Waals surface area contributed by atoms with Crippen molar-refractivity contribution < 1.29 is 28.8 Å². The van der Waals surface area contributed by atoms with Crippen LogP contribution in [0.15, 0.2) is 18.2 Å². The van der Waals surface area contributed by atoms with Crippen molar-refractivity contribution in [3.8, 4) is 5.75 Å². The lowest BCUT2D eigenvalue weighted by Gasteiger charge is -2.16. The fraction of sp³-hybridized carbons (Fsp3) is 0.400. The van der Waals surface area contributed by atoms with Crippen LogP contribution in [0, 0.1) is 0 Å². The number of methoxy groups -OCH3 is 1. The monoisotopic (exact) mass is 356 g/mol. The molecule has 1 fully saturated rings. The van der Waals surface area contributed by atoms with E-state index in [9.17, 15) is 14.4 Å². The van der Waals surface area contributed by atoms with Crippen molar-refractivity contribution in [2.45, 2.75) is 0 Å². The van der Waals surface area contributed by atoms with Gasteiger partial charge in [0.2, 0.25) is 0 Å². The quantitative estimate of drug-likeness (QED) is 0.735. The summed E-state index contributed by atoms with van der Waals surface area (Å²) >= 11 is 5.91. The first-order chi connectivity index (χ1) is 11.4. The minimum absolute atomic E-state index is 0.00913. The first-order valence-corrected chi connectivity index (χ1v) is 7.70. The SMILES string of the molecule is COc1ccc(Cl)cc1NC(=O)C[NH+](C)CC(=O)N1CCOC1=O. The molecule has 0 aliphatic carbocycles. The first kappa shape index (κ1) is 18.0. The number of carbonyl (C=O) groups is 3. The number of nitrogens with one attached hydrogen (secondary N) is 2. The van der Waals surface area contributed by atoms with Gasteiger partial charge in [0.05, 0.1) is 26.4 Å². The predicted molar refractivity (Wildman–Crippen MR) is 86.3 cm³/mol. The Balaban J connectivity index is 1.89. The summed E-state index contributed by atoms with van der Waals surface area (Å²) in [5.41, 5.74) is 0.456. The largest absolute Gasteiger partial charge is 0.495 e. The Kier molecular flexibility index (Phi) is 5.99. The lowest BCUT2D eigenvalue weighted by molar-refractivity contribution is -0.862. The second-order valence-corrected chi connectivity index (χ2v) is 5.80. The third-order valence-corrected chi connectivity index (χ3v) is 3.65. The van der Waals surface area contributed by atoms with Crippen molar-refractivity contribution in [3.63, 3.8) is 0 Å². The molecule has 1 heterocycles. The van der Waals surface area contributed by atoms with Crippen LogP contribution in [0.5, 0.6) is 5.75 Å². The van der Waals surface area contributed by atoms with Crippen LogP contribution >= 0.6 is 11.6 Å². The van der Waals surface area contributed by atoms with Crippen molar-refractivity contribution in [2.75, 3.05) is 45.7 Å². The van der Waals surface area contributed by atoms with Crippen molar-refractivity contribution in [3.05, 3.63) is 23.2 Å². The summed E-state index contributed by atoms with van der Waals surface area (Å²) in [5, 5.41) is 3.17. The maximum Gasteiger partial charge on any atom is 0.416 e. The van der Waals surface area contributed by atoms with Gasteiger partial charge in [-0.2, -0.15) is 0 Å². The molecule has 24 heavy (non-hydrogen) atoms. The number of imide groups is 1. The van der Waals surface area contributed by atoms with E-state index in [0.717, 1.165) is 4.90 Å². The summed E-state index contributed by atoms with van der Waals surface area (Å²) < 4.78 is 9.87. The highest BCUT2D eigenvalue weighted by Gasteiger charge is 2.30. The minimum atomic E-state index is -0.638. The molecule has 1 aliphatic heterocycles. The molecule has 1 aromatic rings. The van der Waals surface area contributed by atoms with Gasteiger partial charge >= 0.3 is 6.09 Å². The second-order valence-electron chi connectivity index (χ2n) is 5.36. The van der Waals surface area contributed by atoms with E-state index in [-0.39, 0.29) is 38.1 Å². The summed E-state index contributed by atoms with van der Waals surface area (Å²) in [7, 11) is 3.18. The second kappa shape index (κ2) is 7.98. The summed E-state index contributed by atoms with van der Waals surface area (Å²) in [6.07, 6.45) is -0.638. The normalized spacial score (nSPS) is 15.0. The van der Waals surface area contributed by atoms with Gasteiger partial charge in [0.15, 0.2) is 13.1 Å². The molecule has 0 spiro atoms. The molecule has 1 aromatic carbocycles. The molecule has 1 aliphatic rings. The number of anilines is 1. The number of nitrogens with zero attached hydrogens (tertiary/aromatic N) is 1. The first-order valence-electron chi connectivity index (χ1n) is 7.32. The zero-order valence-corrected chi connectivity index (χ0v) is 14.2. The van der Waals surface area contributed by atoms with Gasteiger partial charge < -0.3 is 19.7 Å². The Labute approximate surface area is 144 Å². The fourth-order valence-corrected chi connectivity index (χ4v) is 2.45. The van der Waals surface area contributed by atoms with Crippen molar-refractivity contribution >= 4 is 35.2 Å². The number of cyclic esters (lactones) is 1. The Hall–Kier alpha value is -2.32. The smallest absolute Gasteiger partial charge is 0.416 e. The standard InChI is InChI=1S/C15H18ClN3O5/c1-18(9-14(21)19-5-6-24-15(19)22)8-13(20)17-11-7-10(16)3-4-12(11)23-2/h3-4,7H,5-6,8-9H2,1-2H3,(H,17,20)/p+1. The van der Waals surface area contributed by atoms with E-state index in [4.69, 9.17) is 21.1 Å². The van der Waals surface area contributed by atoms with Crippen LogP contribution in [0.2, 0.25) is 5.02 Å². The van der Waals surface area contributed by atoms with E-state index in [1.54, 1.807) is 25.2 Å². The van der Waals surface area contributed by atoms with E-state index in [1.807, 2.05) is 0 Å². The molecular weight excluding hydrogens is 338 g/mol. The van der Waals surface area contributed by atoms with E-state index < -0.39 is 6.09 Å². The lowest BCUT2D eigenvalue weighted by Crippen LogP contribution is -3.11. The molecule has 0 aromatic heterocycles. The summed E-state index contributed by atoms with van der Waals surface area (Å²) in [6, 6.07) is 4.89. The Bertz CT molecular complexity index is 652.